The van der Waals surface area contributed by atoms with Crippen molar-refractivity contribution in [2.24, 2.45) is 0 Å². The summed E-state index contributed by atoms with van der Waals surface area (Å²) in [6.07, 6.45) is 0. The van der Waals surface area contributed by atoms with Crippen LogP contribution in [0.2, 0.25) is 0 Å². The quantitative estimate of drug-likeness (QED) is 0.696. The fourth-order valence-corrected chi connectivity index (χ4v) is 1.88. The normalized spacial score (nSPS) is 13.9. The van der Waals surface area contributed by atoms with Crippen molar-refractivity contribution < 1.29 is 4.39 Å². The highest BCUT2D eigenvalue weighted by Gasteiger charge is 2.15. The Morgan fingerprint density at radius 1 is 1.47 bits per heavy atom. The number of fused-ring (bicyclic) bond motifs is 3. The monoisotopic (exact) mass is 205 g/mol. The molecule has 0 spiro atoms. The maximum absolute atomic E-state index is 13.1. The first-order chi connectivity index (χ1) is 7.25. The van der Waals surface area contributed by atoms with E-state index in [4.69, 9.17) is 0 Å². The first kappa shape index (κ1) is 8.40. The van der Waals surface area contributed by atoms with Gasteiger partial charge in [-0.1, -0.05) is 0 Å². The van der Waals surface area contributed by atoms with Gasteiger partial charge in [-0.2, -0.15) is 4.98 Å². The van der Waals surface area contributed by atoms with Gasteiger partial charge < -0.3 is 5.32 Å². The molecule has 0 bridgehead atoms. The molecule has 0 radical (unpaired) electrons. The van der Waals surface area contributed by atoms with E-state index in [-0.39, 0.29) is 11.5 Å². The molecule has 1 N–H and O–H groups in total. The second kappa shape index (κ2) is 2.79. The van der Waals surface area contributed by atoms with E-state index in [1.807, 2.05) is 0 Å². The Bertz CT molecular complexity index is 605. The molecule has 76 valence electrons. The molecule has 1 aromatic carbocycles. The average Bonchev–Trinajstić information content (AvgIpc) is 2.69. The molecule has 1 aromatic heterocycles. The first-order valence-corrected chi connectivity index (χ1v) is 4.70. The molecule has 2 aromatic rings. The summed E-state index contributed by atoms with van der Waals surface area (Å²) >= 11 is 0. The summed E-state index contributed by atoms with van der Waals surface area (Å²) in [5.41, 5.74) is 0.246. The van der Waals surface area contributed by atoms with E-state index in [9.17, 15) is 9.18 Å². The minimum absolute atomic E-state index is 0.283. The van der Waals surface area contributed by atoms with Gasteiger partial charge in [0.1, 0.15) is 11.6 Å². The number of hydrogen-bond acceptors (Lipinski definition) is 3. The van der Waals surface area contributed by atoms with Crippen molar-refractivity contribution in [3.63, 3.8) is 0 Å². The van der Waals surface area contributed by atoms with Crippen LogP contribution in [0.3, 0.4) is 0 Å². The smallest absolute Gasteiger partial charge is 0.349 e. The molecule has 1 aliphatic rings. The Balaban J connectivity index is 2.49. The lowest BCUT2D eigenvalue weighted by Crippen LogP contribution is -2.20. The maximum atomic E-state index is 13.1. The largest absolute Gasteiger partial charge is 0.369 e. The van der Waals surface area contributed by atoms with Gasteiger partial charge in [0.05, 0.1) is 5.52 Å². The maximum Gasteiger partial charge on any atom is 0.349 e. The van der Waals surface area contributed by atoms with E-state index >= 15 is 0 Å². The number of halogens is 1. The van der Waals surface area contributed by atoms with Crippen LogP contribution in [0.15, 0.2) is 23.0 Å². The van der Waals surface area contributed by atoms with Crippen molar-refractivity contribution in [2.45, 2.75) is 6.54 Å². The summed E-state index contributed by atoms with van der Waals surface area (Å²) in [7, 11) is 0. The average molecular weight is 205 g/mol. The molecule has 4 nitrogen and oxygen atoms in total. The molecule has 5 heteroatoms. The highest BCUT2D eigenvalue weighted by molar-refractivity contribution is 5.89. The summed E-state index contributed by atoms with van der Waals surface area (Å²) < 4.78 is 14.6. The number of hydrogen-bond donors (Lipinski definition) is 1. The van der Waals surface area contributed by atoms with Gasteiger partial charge in [0, 0.05) is 18.5 Å². The van der Waals surface area contributed by atoms with Gasteiger partial charge in [-0.15, -0.1) is 0 Å². The van der Waals surface area contributed by atoms with Crippen LogP contribution in [-0.2, 0) is 6.54 Å². The van der Waals surface area contributed by atoms with Gasteiger partial charge in [-0.25, -0.2) is 9.18 Å². The van der Waals surface area contributed by atoms with E-state index in [2.05, 4.69) is 10.3 Å². The summed E-state index contributed by atoms with van der Waals surface area (Å²) in [6, 6.07) is 4.22. The van der Waals surface area contributed by atoms with Gasteiger partial charge in [0.2, 0.25) is 0 Å². The van der Waals surface area contributed by atoms with Crippen molar-refractivity contribution >= 4 is 16.7 Å². The van der Waals surface area contributed by atoms with E-state index < -0.39 is 0 Å². The predicted molar refractivity (Wildman–Crippen MR) is 54.5 cm³/mol. The van der Waals surface area contributed by atoms with Gasteiger partial charge in [0.25, 0.3) is 0 Å². The fourth-order valence-electron chi connectivity index (χ4n) is 1.88. The molecular weight excluding hydrogens is 197 g/mol. The summed E-state index contributed by atoms with van der Waals surface area (Å²) in [6.45, 7) is 1.28. The van der Waals surface area contributed by atoms with E-state index in [1.165, 1.54) is 22.8 Å². The van der Waals surface area contributed by atoms with E-state index in [0.29, 0.717) is 29.8 Å². The predicted octanol–water partition coefficient (Wildman–Crippen LogP) is 0.961. The zero-order valence-corrected chi connectivity index (χ0v) is 7.83. The van der Waals surface area contributed by atoms with Crippen molar-refractivity contribution in [2.75, 3.05) is 11.9 Å². The summed E-state index contributed by atoms with van der Waals surface area (Å²) in [4.78, 5) is 15.4. The topological polar surface area (TPSA) is 46.9 Å². The van der Waals surface area contributed by atoms with Crippen LogP contribution in [-0.4, -0.2) is 16.1 Å². The lowest BCUT2D eigenvalue weighted by molar-refractivity contribution is 0.629. The van der Waals surface area contributed by atoms with Crippen molar-refractivity contribution in [3.05, 3.63) is 34.5 Å². The van der Waals surface area contributed by atoms with Crippen LogP contribution in [0.4, 0.5) is 10.2 Å². The highest BCUT2D eigenvalue weighted by Crippen LogP contribution is 2.23. The molecule has 0 aliphatic carbocycles. The number of benzene rings is 1. The Morgan fingerprint density at radius 2 is 2.33 bits per heavy atom. The second-order valence-electron chi connectivity index (χ2n) is 3.48. The zero-order valence-electron chi connectivity index (χ0n) is 7.83. The van der Waals surface area contributed by atoms with Crippen LogP contribution in [0.1, 0.15) is 0 Å². The molecule has 0 fully saturated rings. The van der Waals surface area contributed by atoms with Crippen LogP contribution in [0.25, 0.3) is 10.9 Å². The Hall–Kier alpha value is -1.91. The number of aromatic nitrogens is 2. The molecular formula is C10H8FN3O. The molecule has 15 heavy (non-hydrogen) atoms. The third-order valence-electron chi connectivity index (χ3n) is 2.56. The van der Waals surface area contributed by atoms with Gasteiger partial charge in [0.15, 0.2) is 0 Å². The lowest BCUT2D eigenvalue weighted by Gasteiger charge is -2.05. The number of anilines is 1. The molecule has 1 aliphatic heterocycles. The number of rotatable bonds is 0. The third-order valence-corrected chi connectivity index (χ3v) is 2.56. The Morgan fingerprint density at radius 3 is 3.20 bits per heavy atom. The lowest BCUT2D eigenvalue weighted by atomic mass is 10.2. The van der Waals surface area contributed by atoms with Crippen LogP contribution < -0.4 is 11.0 Å². The van der Waals surface area contributed by atoms with Gasteiger partial charge in [-0.3, -0.25) is 4.57 Å². The van der Waals surface area contributed by atoms with Gasteiger partial charge >= 0.3 is 5.69 Å². The SMILES string of the molecule is O=c1nc2ccc(F)cc2c2n1CCN2. The van der Waals surface area contributed by atoms with Crippen LogP contribution in [0.5, 0.6) is 0 Å². The highest BCUT2D eigenvalue weighted by atomic mass is 19.1. The Labute approximate surface area is 84.4 Å². The number of nitrogens with zero attached hydrogens (tertiary/aromatic N) is 2. The summed E-state index contributed by atoms with van der Waals surface area (Å²) in [5.74, 6) is 0.351. The first-order valence-electron chi connectivity index (χ1n) is 4.70. The zero-order chi connectivity index (χ0) is 10.4. The molecule has 0 atom stereocenters. The molecule has 0 amide bonds. The van der Waals surface area contributed by atoms with E-state index in [1.54, 1.807) is 0 Å². The van der Waals surface area contributed by atoms with Crippen molar-refractivity contribution in [3.8, 4) is 0 Å². The number of nitrogens with one attached hydrogen (secondary N) is 1. The molecule has 0 unspecified atom stereocenters. The van der Waals surface area contributed by atoms with Crippen molar-refractivity contribution in [1.82, 2.24) is 9.55 Å². The molecule has 2 heterocycles. The van der Waals surface area contributed by atoms with Crippen molar-refractivity contribution in [1.29, 1.82) is 0 Å². The third kappa shape index (κ3) is 1.12. The minimum Gasteiger partial charge on any atom is -0.369 e. The second-order valence-corrected chi connectivity index (χ2v) is 3.48. The van der Waals surface area contributed by atoms with Crippen LogP contribution >= 0.6 is 0 Å². The minimum atomic E-state index is -0.320. The van der Waals surface area contributed by atoms with Gasteiger partial charge in [-0.05, 0) is 18.2 Å². The fraction of sp³-hybridized carbons (Fsp3) is 0.200. The molecule has 0 saturated heterocycles. The molecule has 3 rings (SSSR count). The summed E-state index contributed by atoms with van der Waals surface area (Å²) in [5, 5.41) is 3.73. The Kier molecular flexibility index (Phi) is 1.56. The van der Waals surface area contributed by atoms with E-state index in [0.717, 1.165) is 0 Å². The standard InChI is InChI=1S/C10H8FN3O/c11-6-1-2-8-7(5-6)9-12-3-4-14(9)10(15)13-8/h1-2,5,12H,3-4H2. The molecule has 0 saturated carbocycles. The van der Waals surface area contributed by atoms with Crippen LogP contribution in [0, 0.1) is 5.82 Å².